The lowest BCUT2D eigenvalue weighted by Crippen LogP contribution is -2.06. The van der Waals surface area contributed by atoms with Crippen LogP contribution in [0.15, 0.2) is 45.3 Å². The van der Waals surface area contributed by atoms with Gasteiger partial charge in [-0.1, -0.05) is 37.9 Å². The van der Waals surface area contributed by atoms with E-state index in [-0.39, 0.29) is 18.0 Å². The van der Waals surface area contributed by atoms with Gasteiger partial charge in [-0.3, -0.25) is 4.79 Å². The maximum absolute atomic E-state index is 13.0. The van der Waals surface area contributed by atoms with Crippen molar-refractivity contribution in [1.29, 1.82) is 0 Å². The first-order valence-electron chi connectivity index (χ1n) is 5.70. The van der Waals surface area contributed by atoms with Crippen LogP contribution in [0.2, 0.25) is 0 Å². The average molecular weight is 386 g/mol. The molecule has 0 aromatic heterocycles. The molecule has 0 spiro atoms. The number of Topliss-reactive ketones (excluding diaryl/α,β-unsaturated/α-hetero) is 1. The van der Waals surface area contributed by atoms with E-state index >= 15 is 0 Å². The minimum atomic E-state index is -0.279. The van der Waals surface area contributed by atoms with E-state index in [0.29, 0.717) is 5.56 Å². The van der Waals surface area contributed by atoms with Crippen molar-refractivity contribution in [2.45, 2.75) is 13.3 Å². The maximum atomic E-state index is 13.0. The SMILES string of the molecule is Cc1cc(F)ccc1CC(=O)c1ccc(Br)cc1Br. The van der Waals surface area contributed by atoms with Crippen molar-refractivity contribution in [2.24, 2.45) is 0 Å². The van der Waals surface area contributed by atoms with Gasteiger partial charge in [0.15, 0.2) is 5.78 Å². The van der Waals surface area contributed by atoms with E-state index in [1.807, 2.05) is 19.1 Å². The standard InChI is InChI=1S/C15H11Br2FO/c1-9-6-12(18)4-2-10(9)7-15(19)13-5-3-11(16)8-14(13)17/h2-6,8H,7H2,1H3. The summed E-state index contributed by atoms with van der Waals surface area (Å²) in [7, 11) is 0. The molecule has 0 aliphatic heterocycles. The summed E-state index contributed by atoms with van der Waals surface area (Å²) < 4.78 is 14.7. The number of carbonyl (C=O) groups excluding carboxylic acids is 1. The van der Waals surface area contributed by atoms with Gasteiger partial charge in [0, 0.05) is 20.9 Å². The number of hydrogen-bond acceptors (Lipinski definition) is 1. The fourth-order valence-electron chi connectivity index (χ4n) is 1.84. The number of rotatable bonds is 3. The molecule has 0 amide bonds. The van der Waals surface area contributed by atoms with Gasteiger partial charge in [0.25, 0.3) is 0 Å². The number of carbonyl (C=O) groups is 1. The van der Waals surface area contributed by atoms with Crippen molar-refractivity contribution in [2.75, 3.05) is 0 Å². The third-order valence-electron chi connectivity index (χ3n) is 2.89. The molecule has 1 nitrogen and oxygen atoms in total. The Morgan fingerprint density at radius 2 is 1.89 bits per heavy atom. The summed E-state index contributed by atoms with van der Waals surface area (Å²) in [6.45, 7) is 1.81. The van der Waals surface area contributed by atoms with Crippen LogP contribution in [-0.2, 0) is 6.42 Å². The van der Waals surface area contributed by atoms with Crippen LogP contribution in [0.3, 0.4) is 0 Å². The van der Waals surface area contributed by atoms with Crippen LogP contribution in [0, 0.1) is 12.7 Å². The molecular formula is C15H11Br2FO. The molecule has 0 aliphatic carbocycles. The Morgan fingerprint density at radius 3 is 2.53 bits per heavy atom. The molecule has 0 aliphatic rings. The van der Waals surface area contributed by atoms with Crippen LogP contribution >= 0.6 is 31.9 Å². The number of hydrogen-bond donors (Lipinski definition) is 0. The van der Waals surface area contributed by atoms with Crippen LogP contribution < -0.4 is 0 Å². The lowest BCUT2D eigenvalue weighted by atomic mass is 9.99. The van der Waals surface area contributed by atoms with E-state index in [4.69, 9.17) is 0 Å². The summed E-state index contributed by atoms with van der Waals surface area (Å²) in [5, 5.41) is 0. The van der Waals surface area contributed by atoms with Crippen molar-refractivity contribution in [1.82, 2.24) is 0 Å². The summed E-state index contributed by atoms with van der Waals surface area (Å²) in [5.74, 6) is -0.271. The van der Waals surface area contributed by atoms with Crippen LogP contribution in [0.25, 0.3) is 0 Å². The number of benzene rings is 2. The molecule has 4 heteroatoms. The van der Waals surface area contributed by atoms with E-state index in [0.717, 1.165) is 20.1 Å². The largest absolute Gasteiger partial charge is 0.294 e. The molecule has 0 unspecified atom stereocenters. The summed E-state index contributed by atoms with van der Waals surface area (Å²) >= 11 is 6.73. The van der Waals surface area contributed by atoms with Gasteiger partial charge >= 0.3 is 0 Å². The van der Waals surface area contributed by atoms with E-state index in [1.165, 1.54) is 12.1 Å². The van der Waals surface area contributed by atoms with E-state index in [1.54, 1.807) is 12.1 Å². The molecule has 98 valence electrons. The molecule has 0 N–H and O–H groups in total. The fraction of sp³-hybridized carbons (Fsp3) is 0.133. The first kappa shape index (κ1) is 14.4. The molecule has 2 aromatic rings. The Kier molecular flexibility index (Phi) is 4.53. The van der Waals surface area contributed by atoms with E-state index in [9.17, 15) is 9.18 Å². The second kappa shape index (κ2) is 5.97. The van der Waals surface area contributed by atoms with Crippen LogP contribution in [0.5, 0.6) is 0 Å². The second-order valence-corrected chi connectivity index (χ2v) is 6.06. The molecule has 0 bridgehead atoms. The third kappa shape index (κ3) is 3.51. The van der Waals surface area contributed by atoms with Gasteiger partial charge < -0.3 is 0 Å². The topological polar surface area (TPSA) is 17.1 Å². The third-order valence-corrected chi connectivity index (χ3v) is 4.04. The average Bonchev–Trinajstić information content (AvgIpc) is 2.32. The van der Waals surface area contributed by atoms with Crippen LogP contribution in [0.4, 0.5) is 4.39 Å². The maximum Gasteiger partial charge on any atom is 0.168 e. The summed E-state index contributed by atoms with van der Waals surface area (Å²) in [6, 6.07) is 9.93. The molecule has 0 heterocycles. The Labute approximate surface area is 128 Å². The smallest absolute Gasteiger partial charge is 0.168 e. The van der Waals surface area contributed by atoms with Gasteiger partial charge in [0.05, 0.1) is 0 Å². The summed E-state index contributed by atoms with van der Waals surface area (Å²) in [6.07, 6.45) is 0.270. The zero-order chi connectivity index (χ0) is 14.0. The molecular weight excluding hydrogens is 375 g/mol. The zero-order valence-corrected chi connectivity index (χ0v) is 13.4. The lowest BCUT2D eigenvalue weighted by Gasteiger charge is -2.07. The Bertz CT molecular complexity index is 638. The zero-order valence-electron chi connectivity index (χ0n) is 10.2. The Hall–Kier alpha value is -1.000. The first-order valence-corrected chi connectivity index (χ1v) is 7.29. The minimum absolute atomic E-state index is 0.00841. The Morgan fingerprint density at radius 1 is 1.16 bits per heavy atom. The fourth-order valence-corrected chi connectivity index (χ4v) is 3.11. The minimum Gasteiger partial charge on any atom is -0.294 e. The highest BCUT2D eigenvalue weighted by atomic mass is 79.9. The molecule has 19 heavy (non-hydrogen) atoms. The molecule has 2 aromatic carbocycles. The van der Waals surface area contributed by atoms with E-state index in [2.05, 4.69) is 31.9 Å². The van der Waals surface area contributed by atoms with Crippen molar-refractivity contribution in [3.8, 4) is 0 Å². The van der Waals surface area contributed by atoms with Crippen molar-refractivity contribution >= 4 is 37.6 Å². The van der Waals surface area contributed by atoms with Crippen molar-refractivity contribution in [3.63, 3.8) is 0 Å². The quantitative estimate of drug-likeness (QED) is 0.673. The summed E-state index contributed by atoms with van der Waals surface area (Å²) in [4.78, 5) is 12.2. The lowest BCUT2D eigenvalue weighted by molar-refractivity contribution is 0.0992. The Balaban J connectivity index is 2.25. The van der Waals surface area contributed by atoms with Gasteiger partial charge in [0.1, 0.15) is 5.82 Å². The van der Waals surface area contributed by atoms with Crippen molar-refractivity contribution < 1.29 is 9.18 Å². The molecule has 0 fully saturated rings. The molecule has 0 saturated heterocycles. The highest BCUT2D eigenvalue weighted by molar-refractivity contribution is 9.11. The predicted molar refractivity (Wildman–Crippen MR) is 81.0 cm³/mol. The van der Waals surface area contributed by atoms with Gasteiger partial charge in [-0.05, 0) is 48.4 Å². The number of halogens is 3. The molecule has 0 radical (unpaired) electrons. The molecule has 2 rings (SSSR count). The van der Waals surface area contributed by atoms with Gasteiger partial charge in [-0.2, -0.15) is 0 Å². The summed E-state index contributed by atoms with van der Waals surface area (Å²) in [5.41, 5.74) is 2.27. The van der Waals surface area contributed by atoms with Gasteiger partial charge in [0.2, 0.25) is 0 Å². The molecule has 0 atom stereocenters. The second-order valence-electron chi connectivity index (χ2n) is 4.29. The van der Waals surface area contributed by atoms with Gasteiger partial charge in [-0.15, -0.1) is 0 Å². The first-order chi connectivity index (χ1) is 8.97. The highest BCUT2D eigenvalue weighted by Gasteiger charge is 2.12. The monoisotopic (exact) mass is 384 g/mol. The number of ketones is 1. The van der Waals surface area contributed by atoms with Crippen molar-refractivity contribution in [3.05, 3.63) is 67.9 Å². The van der Waals surface area contributed by atoms with Crippen LogP contribution in [-0.4, -0.2) is 5.78 Å². The predicted octanol–water partition coefficient (Wildman–Crippen LogP) is 5.08. The van der Waals surface area contributed by atoms with Gasteiger partial charge in [-0.25, -0.2) is 4.39 Å². The van der Waals surface area contributed by atoms with E-state index < -0.39 is 0 Å². The van der Waals surface area contributed by atoms with Crippen LogP contribution in [0.1, 0.15) is 21.5 Å². The molecule has 0 saturated carbocycles. The highest BCUT2D eigenvalue weighted by Crippen LogP contribution is 2.24. The normalized spacial score (nSPS) is 10.5. The number of aryl methyl sites for hydroxylation is 1.